The first-order valence-corrected chi connectivity index (χ1v) is 11.3. The van der Waals surface area contributed by atoms with Gasteiger partial charge in [0.2, 0.25) is 10.0 Å². The lowest BCUT2D eigenvalue weighted by Crippen LogP contribution is -2.35. The number of hydrogen-bond acceptors (Lipinski definition) is 5. The topological polar surface area (TPSA) is 72.9 Å². The van der Waals surface area contributed by atoms with Gasteiger partial charge in [0.1, 0.15) is 19.0 Å². The van der Waals surface area contributed by atoms with Crippen LogP contribution >= 0.6 is 0 Å². The Balaban J connectivity index is 1.45. The number of hydrogen-bond donors (Lipinski definition) is 0. The molecule has 29 heavy (non-hydrogen) atoms. The second-order valence-corrected chi connectivity index (χ2v) is 9.11. The van der Waals surface area contributed by atoms with E-state index in [-0.39, 0.29) is 30.5 Å². The first-order chi connectivity index (χ1) is 13.9. The molecule has 6 nitrogen and oxygen atoms in total. The van der Waals surface area contributed by atoms with Crippen molar-refractivity contribution in [2.45, 2.75) is 37.5 Å². The van der Waals surface area contributed by atoms with Crippen molar-refractivity contribution in [3.63, 3.8) is 0 Å². The summed E-state index contributed by atoms with van der Waals surface area (Å²) in [6.07, 6.45) is 2.96. The number of rotatable bonds is 8. The summed E-state index contributed by atoms with van der Waals surface area (Å²) >= 11 is 0. The van der Waals surface area contributed by atoms with Gasteiger partial charge in [-0.2, -0.15) is 4.31 Å². The summed E-state index contributed by atoms with van der Waals surface area (Å²) in [4.78, 5) is 12.3. The first-order valence-electron chi connectivity index (χ1n) is 9.89. The summed E-state index contributed by atoms with van der Waals surface area (Å²) < 4.78 is 37.6. The molecule has 1 aliphatic rings. The van der Waals surface area contributed by atoms with E-state index in [9.17, 15) is 13.2 Å². The van der Waals surface area contributed by atoms with Crippen molar-refractivity contribution in [2.24, 2.45) is 0 Å². The molecule has 0 radical (unpaired) electrons. The van der Waals surface area contributed by atoms with Crippen LogP contribution in [0.15, 0.2) is 53.4 Å². The van der Waals surface area contributed by atoms with E-state index in [0.29, 0.717) is 18.7 Å². The SMILES string of the molecule is Cc1ccc(OCCOC(=O)Cc2ccc(S(=O)(=O)N3CCCCC3)cc2)cc1. The third-order valence-corrected chi connectivity index (χ3v) is 6.77. The highest BCUT2D eigenvalue weighted by Crippen LogP contribution is 2.21. The molecule has 1 fully saturated rings. The molecule has 2 aromatic carbocycles. The Morgan fingerprint density at radius 1 is 0.931 bits per heavy atom. The van der Waals surface area contributed by atoms with E-state index in [1.54, 1.807) is 24.3 Å². The predicted molar refractivity (Wildman–Crippen MR) is 110 cm³/mol. The molecule has 3 rings (SSSR count). The van der Waals surface area contributed by atoms with Crippen LogP contribution in [0.25, 0.3) is 0 Å². The lowest BCUT2D eigenvalue weighted by molar-refractivity contribution is -0.143. The molecule has 1 aliphatic heterocycles. The van der Waals surface area contributed by atoms with Crippen molar-refractivity contribution in [3.05, 3.63) is 59.7 Å². The molecule has 1 saturated heterocycles. The van der Waals surface area contributed by atoms with Gasteiger partial charge in [-0.15, -0.1) is 0 Å². The summed E-state index contributed by atoms with van der Waals surface area (Å²) in [5, 5.41) is 0. The van der Waals surface area contributed by atoms with E-state index in [4.69, 9.17) is 9.47 Å². The number of nitrogens with zero attached hydrogens (tertiary/aromatic N) is 1. The van der Waals surface area contributed by atoms with Gasteiger partial charge in [0.05, 0.1) is 11.3 Å². The van der Waals surface area contributed by atoms with Gasteiger partial charge in [-0.1, -0.05) is 36.2 Å². The van der Waals surface area contributed by atoms with Crippen LogP contribution in [-0.4, -0.2) is 45.0 Å². The minimum atomic E-state index is -3.45. The molecule has 0 aromatic heterocycles. The quantitative estimate of drug-likeness (QED) is 0.487. The zero-order chi connectivity index (χ0) is 20.7. The maximum absolute atomic E-state index is 12.7. The zero-order valence-corrected chi connectivity index (χ0v) is 17.5. The Morgan fingerprint density at radius 2 is 1.59 bits per heavy atom. The van der Waals surface area contributed by atoms with Crippen LogP contribution in [0.4, 0.5) is 0 Å². The minimum Gasteiger partial charge on any atom is -0.490 e. The standard InChI is InChI=1S/C22H27NO5S/c1-18-5-9-20(10-6-18)27-15-16-28-22(24)17-19-7-11-21(12-8-19)29(25,26)23-13-3-2-4-14-23/h5-12H,2-4,13-17H2,1H3. The molecular weight excluding hydrogens is 390 g/mol. The van der Waals surface area contributed by atoms with Gasteiger partial charge in [0, 0.05) is 13.1 Å². The Labute approximate surface area is 172 Å². The van der Waals surface area contributed by atoms with E-state index in [1.165, 1.54) is 4.31 Å². The summed E-state index contributed by atoms with van der Waals surface area (Å²) in [5.74, 6) is 0.362. The van der Waals surface area contributed by atoms with Gasteiger partial charge < -0.3 is 9.47 Å². The van der Waals surface area contributed by atoms with Crippen molar-refractivity contribution in [3.8, 4) is 5.75 Å². The van der Waals surface area contributed by atoms with Crippen LogP contribution in [0.5, 0.6) is 5.75 Å². The number of esters is 1. The Hall–Kier alpha value is -2.38. The average molecular weight is 418 g/mol. The van der Waals surface area contributed by atoms with Gasteiger partial charge in [-0.25, -0.2) is 8.42 Å². The highest BCUT2D eigenvalue weighted by molar-refractivity contribution is 7.89. The van der Waals surface area contributed by atoms with Gasteiger partial charge in [-0.05, 0) is 49.6 Å². The third-order valence-electron chi connectivity index (χ3n) is 4.86. The molecule has 0 unspecified atom stereocenters. The first kappa shape index (κ1) is 21.3. The number of benzene rings is 2. The molecule has 156 valence electrons. The van der Waals surface area contributed by atoms with Gasteiger partial charge in [0.25, 0.3) is 0 Å². The molecule has 0 bridgehead atoms. The second-order valence-electron chi connectivity index (χ2n) is 7.17. The molecular formula is C22H27NO5S. The van der Waals surface area contributed by atoms with Crippen LogP contribution in [-0.2, 0) is 26.0 Å². The molecule has 0 aliphatic carbocycles. The van der Waals surface area contributed by atoms with Crippen LogP contribution in [0.2, 0.25) is 0 Å². The summed E-state index contributed by atoms with van der Waals surface area (Å²) in [5.41, 5.74) is 1.87. The number of carbonyl (C=O) groups excluding carboxylic acids is 1. The lowest BCUT2D eigenvalue weighted by atomic mass is 10.1. The Bertz CT molecular complexity index is 901. The van der Waals surface area contributed by atoms with E-state index >= 15 is 0 Å². The van der Waals surface area contributed by atoms with Gasteiger partial charge >= 0.3 is 5.97 Å². The Morgan fingerprint density at radius 3 is 2.24 bits per heavy atom. The molecule has 7 heteroatoms. The van der Waals surface area contributed by atoms with Crippen molar-refractivity contribution in [1.29, 1.82) is 0 Å². The van der Waals surface area contributed by atoms with E-state index in [0.717, 1.165) is 30.6 Å². The molecule has 2 aromatic rings. The minimum absolute atomic E-state index is 0.0918. The zero-order valence-electron chi connectivity index (χ0n) is 16.7. The smallest absolute Gasteiger partial charge is 0.310 e. The fraction of sp³-hybridized carbons (Fsp3) is 0.409. The number of sulfonamides is 1. The fourth-order valence-electron chi connectivity index (χ4n) is 3.20. The number of aryl methyl sites for hydroxylation is 1. The highest BCUT2D eigenvalue weighted by Gasteiger charge is 2.25. The monoisotopic (exact) mass is 417 g/mol. The van der Waals surface area contributed by atoms with Gasteiger partial charge in [-0.3, -0.25) is 4.79 Å². The van der Waals surface area contributed by atoms with Crippen LogP contribution in [0.3, 0.4) is 0 Å². The number of piperidine rings is 1. The maximum Gasteiger partial charge on any atom is 0.310 e. The van der Waals surface area contributed by atoms with E-state index < -0.39 is 10.0 Å². The molecule has 0 amide bonds. The van der Waals surface area contributed by atoms with Crippen molar-refractivity contribution < 1.29 is 22.7 Å². The molecule has 0 spiro atoms. The Kier molecular flexibility index (Phi) is 7.28. The largest absolute Gasteiger partial charge is 0.490 e. The van der Waals surface area contributed by atoms with Crippen LogP contribution in [0, 0.1) is 6.92 Å². The van der Waals surface area contributed by atoms with Crippen LogP contribution in [0.1, 0.15) is 30.4 Å². The summed E-state index contributed by atoms with van der Waals surface area (Å²) in [6.45, 7) is 3.58. The van der Waals surface area contributed by atoms with Crippen LogP contribution < -0.4 is 4.74 Å². The normalized spacial score (nSPS) is 15.1. The lowest BCUT2D eigenvalue weighted by Gasteiger charge is -2.25. The van der Waals surface area contributed by atoms with E-state index in [2.05, 4.69) is 0 Å². The van der Waals surface area contributed by atoms with Crippen molar-refractivity contribution >= 4 is 16.0 Å². The second kappa shape index (κ2) is 9.89. The summed E-state index contributed by atoms with van der Waals surface area (Å²) in [6, 6.07) is 14.1. The highest BCUT2D eigenvalue weighted by atomic mass is 32.2. The average Bonchev–Trinajstić information content (AvgIpc) is 2.73. The van der Waals surface area contributed by atoms with Crippen molar-refractivity contribution in [1.82, 2.24) is 4.31 Å². The fourth-order valence-corrected chi connectivity index (χ4v) is 4.72. The predicted octanol–water partition coefficient (Wildman–Crippen LogP) is 3.33. The molecule has 0 N–H and O–H groups in total. The summed E-state index contributed by atoms with van der Waals surface area (Å²) in [7, 11) is -3.45. The number of carbonyl (C=O) groups is 1. The molecule has 0 atom stereocenters. The molecule has 1 heterocycles. The van der Waals surface area contributed by atoms with E-state index in [1.807, 2.05) is 31.2 Å². The molecule has 0 saturated carbocycles. The number of ether oxygens (including phenoxy) is 2. The third kappa shape index (κ3) is 6.05. The van der Waals surface area contributed by atoms with Crippen molar-refractivity contribution in [2.75, 3.05) is 26.3 Å². The maximum atomic E-state index is 12.7. The van der Waals surface area contributed by atoms with Gasteiger partial charge in [0.15, 0.2) is 0 Å².